The standard InChI is InChI=1S/C29H24ClNO4S/c1-19-26(22-9-6-10-23(30)17-22)27(29(33)34-2)28(36-19)31-25(32)16-13-20-11-14-24(15-12-20)35-18-21-7-4-3-5-8-21/h3-17H,18H2,1-2H3,(H,31,32)/b16-13+. The summed E-state index contributed by atoms with van der Waals surface area (Å²) in [5.41, 5.74) is 3.71. The van der Waals surface area contributed by atoms with E-state index in [-0.39, 0.29) is 5.91 Å². The normalized spacial score (nSPS) is 10.9. The maximum atomic E-state index is 12.7. The number of aryl methyl sites for hydroxylation is 1. The largest absolute Gasteiger partial charge is 0.489 e. The van der Waals surface area contributed by atoms with Gasteiger partial charge in [-0.3, -0.25) is 4.79 Å². The van der Waals surface area contributed by atoms with Crippen LogP contribution in [0.2, 0.25) is 5.02 Å². The van der Waals surface area contributed by atoms with Gasteiger partial charge in [-0.2, -0.15) is 0 Å². The molecule has 0 atom stereocenters. The average Bonchev–Trinajstić information content (AvgIpc) is 3.22. The monoisotopic (exact) mass is 517 g/mol. The van der Waals surface area contributed by atoms with E-state index in [1.165, 1.54) is 24.5 Å². The van der Waals surface area contributed by atoms with Crippen LogP contribution in [0.15, 0.2) is 84.9 Å². The van der Waals surface area contributed by atoms with Gasteiger partial charge in [-0.05, 0) is 54.0 Å². The van der Waals surface area contributed by atoms with Gasteiger partial charge in [0.15, 0.2) is 0 Å². The van der Waals surface area contributed by atoms with Crippen molar-refractivity contribution in [2.45, 2.75) is 13.5 Å². The van der Waals surface area contributed by atoms with E-state index >= 15 is 0 Å². The first-order valence-electron chi connectivity index (χ1n) is 11.2. The van der Waals surface area contributed by atoms with Crippen LogP contribution in [0.5, 0.6) is 5.75 Å². The minimum absolute atomic E-state index is 0.309. The second kappa shape index (κ2) is 11.7. The first kappa shape index (κ1) is 25.2. The lowest BCUT2D eigenvalue weighted by Gasteiger charge is -2.08. The molecule has 0 unspecified atom stereocenters. The minimum Gasteiger partial charge on any atom is -0.489 e. The van der Waals surface area contributed by atoms with Crippen molar-refractivity contribution in [3.63, 3.8) is 0 Å². The SMILES string of the molecule is COC(=O)c1c(NC(=O)/C=C/c2ccc(OCc3ccccc3)cc2)sc(C)c1-c1cccc(Cl)c1. The van der Waals surface area contributed by atoms with Crippen LogP contribution < -0.4 is 10.1 Å². The van der Waals surface area contributed by atoms with Crippen molar-refractivity contribution < 1.29 is 19.1 Å². The summed E-state index contributed by atoms with van der Waals surface area (Å²) in [5, 5.41) is 3.80. The highest BCUT2D eigenvalue weighted by Gasteiger charge is 2.24. The highest BCUT2D eigenvalue weighted by Crippen LogP contribution is 2.41. The number of rotatable bonds is 8. The summed E-state index contributed by atoms with van der Waals surface area (Å²) in [6.45, 7) is 2.37. The highest BCUT2D eigenvalue weighted by atomic mass is 35.5. The summed E-state index contributed by atoms with van der Waals surface area (Å²) in [6.07, 6.45) is 3.13. The number of thiophene rings is 1. The Kier molecular flexibility index (Phi) is 8.21. The van der Waals surface area contributed by atoms with Gasteiger partial charge in [0.05, 0.1) is 7.11 Å². The van der Waals surface area contributed by atoms with Gasteiger partial charge in [0.1, 0.15) is 22.9 Å². The number of esters is 1. The zero-order valence-electron chi connectivity index (χ0n) is 19.8. The van der Waals surface area contributed by atoms with Gasteiger partial charge in [0, 0.05) is 21.5 Å². The van der Waals surface area contributed by atoms with Crippen molar-refractivity contribution in [3.8, 4) is 16.9 Å². The summed E-state index contributed by atoms with van der Waals surface area (Å²) in [5.74, 6) is -0.145. The zero-order chi connectivity index (χ0) is 25.5. The second-order valence-corrected chi connectivity index (χ2v) is 9.57. The second-order valence-electron chi connectivity index (χ2n) is 7.91. The molecule has 0 saturated carbocycles. The third-order valence-corrected chi connectivity index (χ3v) is 6.64. The molecule has 0 aliphatic heterocycles. The topological polar surface area (TPSA) is 64.6 Å². The van der Waals surface area contributed by atoms with Crippen LogP contribution in [0, 0.1) is 6.92 Å². The van der Waals surface area contributed by atoms with Crippen LogP contribution in [0.3, 0.4) is 0 Å². The maximum Gasteiger partial charge on any atom is 0.341 e. The molecule has 0 bridgehead atoms. The summed E-state index contributed by atoms with van der Waals surface area (Å²) in [6, 6.07) is 24.6. The predicted octanol–water partition coefficient (Wildman–Crippen LogP) is 7.39. The van der Waals surface area contributed by atoms with Crippen LogP contribution in [0.1, 0.15) is 26.4 Å². The van der Waals surface area contributed by atoms with Gasteiger partial charge in [-0.25, -0.2) is 4.79 Å². The van der Waals surface area contributed by atoms with Crippen molar-refractivity contribution in [3.05, 3.63) is 112 Å². The Bertz CT molecular complexity index is 1390. The molecule has 0 aliphatic carbocycles. The number of ether oxygens (including phenoxy) is 2. The Balaban J connectivity index is 1.46. The molecule has 0 spiro atoms. The van der Waals surface area contributed by atoms with Crippen LogP contribution in [-0.4, -0.2) is 19.0 Å². The lowest BCUT2D eigenvalue weighted by Crippen LogP contribution is -2.11. The maximum absolute atomic E-state index is 12.7. The molecule has 0 fully saturated rings. The van der Waals surface area contributed by atoms with E-state index in [0.717, 1.165) is 27.3 Å². The molecular weight excluding hydrogens is 494 g/mol. The Labute approximate surface area is 219 Å². The van der Waals surface area contributed by atoms with Crippen LogP contribution in [0.4, 0.5) is 5.00 Å². The van der Waals surface area contributed by atoms with E-state index in [9.17, 15) is 9.59 Å². The lowest BCUT2D eigenvalue weighted by molar-refractivity contribution is -0.111. The minimum atomic E-state index is -0.528. The number of hydrogen-bond acceptors (Lipinski definition) is 5. The Morgan fingerprint density at radius 2 is 1.75 bits per heavy atom. The van der Waals surface area contributed by atoms with Gasteiger partial charge < -0.3 is 14.8 Å². The summed E-state index contributed by atoms with van der Waals surface area (Å²) < 4.78 is 10.8. The van der Waals surface area contributed by atoms with E-state index < -0.39 is 5.97 Å². The molecule has 3 aromatic carbocycles. The molecule has 0 aliphatic rings. The molecule has 1 aromatic heterocycles. The number of hydrogen-bond donors (Lipinski definition) is 1. The number of carbonyl (C=O) groups is 2. The van der Waals surface area contributed by atoms with Gasteiger partial charge in [-0.1, -0.05) is 66.2 Å². The van der Waals surface area contributed by atoms with Crippen molar-refractivity contribution >= 4 is 45.9 Å². The number of carbonyl (C=O) groups excluding carboxylic acids is 2. The van der Waals surface area contributed by atoms with Crippen molar-refractivity contribution in [1.82, 2.24) is 0 Å². The number of benzene rings is 3. The number of anilines is 1. The van der Waals surface area contributed by atoms with E-state index in [1.807, 2.05) is 73.7 Å². The molecular formula is C29H24ClNO4S. The fourth-order valence-electron chi connectivity index (χ4n) is 3.66. The third kappa shape index (κ3) is 6.22. The molecule has 5 nitrogen and oxygen atoms in total. The van der Waals surface area contributed by atoms with Crippen molar-refractivity contribution in [2.75, 3.05) is 12.4 Å². The summed E-state index contributed by atoms with van der Waals surface area (Å²) in [7, 11) is 1.32. The first-order chi connectivity index (χ1) is 17.4. The molecule has 0 saturated heterocycles. The lowest BCUT2D eigenvalue weighted by atomic mass is 10.0. The molecule has 1 amide bonds. The van der Waals surface area contributed by atoms with Crippen LogP contribution >= 0.6 is 22.9 Å². The number of halogens is 1. The molecule has 4 aromatic rings. The number of nitrogens with one attached hydrogen (secondary N) is 1. The number of methoxy groups -OCH3 is 1. The van der Waals surface area contributed by atoms with Gasteiger partial charge in [0.25, 0.3) is 0 Å². The smallest absolute Gasteiger partial charge is 0.341 e. The van der Waals surface area contributed by atoms with E-state index in [4.69, 9.17) is 21.1 Å². The quantitative estimate of drug-likeness (QED) is 0.195. The number of amides is 1. The van der Waals surface area contributed by atoms with Gasteiger partial charge in [0.2, 0.25) is 5.91 Å². The van der Waals surface area contributed by atoms with Gasteiger partial charge >= 0.3 is 5.97 Å². The van der Waals surface area contributed by atoms with Crippen LogP contribution in [0.25, 0.3) is 17.2 Å². The van der Waals surface area contributed by atoms with Crippen molar-refractivity contribution in [2.24, 2.45) is 0 Å². The van der Waals surface area contributed by atoms with E-state index in [1.54, 1.807) is 18.2 Å². The highest BCUT2D eigenvalue weighted by molar-refractivity contribution is 7.17. The fourth-order valence-corrected chi connectivity index (χ4v) is 4.92. The third-order valence-electron chi connectivity index (χ3n) is 5.38. The molecule has 0 radical (unpaired) electrons. The molecule has 1 N–H and O–H groups in total. The molecule has 7 heteroatoms. The zero-order valence-corrected chi connectivity index (χ0v) is 21.4. The average molecular weight is 518 g/mol. The van der Waals surface area contributed by atoms with Gasteiger partial charge in [-0.15, -0.1) is 11.3 Å². The molecule has 1 heterocycles. The summed E-state index contributed by atoms with van der Waals surface area (Å²) >= 11 is 7.47. The first-order valence-corrected chi connectivity index (χ1v) is 12.4. The van der Waals surface area contributed by atoms with Crippen molar-refractivity contribution in [1.29, 1.82) is 0 Å². The summed E-state index contributed by atoms with van der Waals surface area (Å²) in [4.78, 5) is 26.2. The Hall–Kier alpha value is -3.87. The fraction of sp³-hybridized carbons (Fsp3) is 0.103. The van der Waals surface area contributed by atoms with E-state index in [0.29, 0.717) is 27.8 Å². The predicted molar refractivity (Wildman–Crippen MR) is 146 cm³/mol. The Morgan fingerprint density at radius 3 is 2.44 bits per heavy atom. The molecule has 4 rings (SSSR count). The molecule has 182 valence electrons. The molecule has 36 heavy (non-hydrogen) atoms. The Morgan fingerprint density at radius 1 is 1.00 bits per heavy atom. The van der Waals surface area contributed by atoms with E-state index in [2.05, 4.69) is 5.32 Å². The van der Waals surface area contributed by atoms with Crippen LogP contribution in [-0.2, 0) is 16.1 Å².